The third-order valence-corrected chi connectivity index (χ3v) is 5.07. The molecular weight excluding hydrogens is 262 g/mol. The molecule has 2 fully saturated rings. The minimum absolute atomic E-state index is 0.239. The maximum atomic E-state index is 5.97. The Morgan fingerprint density at radius 1 is 1.38 bits per heavy atom. The molecule has 1 aliphatic heterocycles. The summed E-state index contributed by atoms with van der Waals surface area (Å²) >= 11 is 0. The van der Waals surface area contributed by atoms with Gasteiger partial charge in [-0.3, -0.25) is 0 Å². The van der Waals surface area contributed by atoms with Crippen molar-refractivity contribution in [1.29, 1.82) is 0 Å². The van der Waals surface area contributed by atoms with Crippen molar-refractivity contribution in [2.24, 2.45) is 11.3 Å². The van der Waals surface area contributed by atoms with Crippen LogP contribution in [0.4, 0.5) is 0 Å². The lowest BCUT2D eigenvalue weighted by Gasteiger charge is -2.60. The van der Waals surface area contributed by atoms with E-state index >= 15 is 0 Å². The Hall–Kier alpha value is -1.06. The molecule has 1 saturated heterocycles. The van der Waals surface area contributed by atoms with Gasteiger partial charge in [0.25, 0.3) is 0 Å². The molecule has 2 aliphatic rings. The topological polar surface area (TPSA) is 30.5 Å². The highest BCUT2D eigenvalue weighted by Crippen LogP contribution is 2.51. The number of ether oxygens (including phenoxy) is 2. The van der Waals surface area contributed by atoms with Crippen LogP contribution in [0.5, 0.6) is 5.75 Å². The standard InChI is InChI=1S/C18H27NO2/c1-4-20-14-8-5-7-13(11-14)12-19-16-15-9-6-10-21-17(15)18(16,2)3/h5,7-8,11,15-17,19H,4,6,9-10,12H2,1-3H3. The third kappa shape index (κ3) is 2.82. The molecule has 1 aliphatic carbocycles. The number of nitrogens with one attached hydrogen (secondary N) is 1. The SMILES string of the molecule is CCOc1cccc(CNC2C3CCCOC3C2(C)C)c1. The number of fused-ring (bicyclic) bond motifs is 1. The van der Waals surface area contributed by atoms with E-state index in [1.165, 1.54) is 18.4 Å². The van der Waals surface area contributed by atoms with Crippen LogP contribution in [0.1, 0.15) is 39.2 Å². The van der Waals surface area contributed by atoms with Crippen molar-refractivity contribution in [3.8, 4) is 5.75 Å². The molecule has 21 heavy (non-hydrogen) atoms. The summed E-state index contributed by atoms with van der Waals surface area (Å²) in [7, 11) is 0. The quantitative estimate of drug-likeness (QED) is 0.901. The average molecular weight is 289 g/mol. The van der Waals surface area contributed by atoms with E-state index in [4.69, 9.17) is 9.47 Å². The molecule has 1 aromatic carbocycles. The van der Waals surface area contributed by atoms with Crippen LogP contribution in [-0.4, -0.2) is 25.4 Å². The first-order valence-corrected chi connectivity index (χ1v) is 8.19. The van der Waals surface area contributed by atoms with Gasteiger partial charge in [0.15, 0.2) is 0 Å². The van der Waals surface area contributed by atoms with Crippen LogP contribution >= 0.6 is 0 Å². The molecule has 0 bridgehead atoms. The largest absolute Gasteiger partial charge is 0.494 e. The van der Waals surface area contributed by atoms with Crippen molar-refractivity contribution in [1.82, 2.24) is 5.32 Å². The predicted molar refractivity (Wildman–Crippen MR) is 84.5 cm³/mol. The number of hydrogen-bond acceptors (Lipinski definition) is 3. The second-order valence-corrected chi connectivity index (χ2v) is 6.86. The molecule has 3 rings (SSSR count). The first-order valence-electron chi connectivity index (χ1n) is 8.19. The second kappa shape index (κ2) is 5.98. The second-order valence-electron chi connectivity index (χ2n) is 6.86. The lowest BCUT2D eigenvalue weighted by molar-refractivity contribution is -0.192. The van der Waals surface area contributed by atoms with Crippen molar-refractivity contribution in [3.63, 3.8) is 0 Å². The van der Waals surface area contributed by atoms with E-state index in [-0.39, 0.29) is 5.41 Å². The zero-order valence-corrected chi connectivity index (χ0v) is 13.4. The van der Waals surface area contributed by atoms with Crippen molar-refractivity contribution >= 4 is 0 Å². The molecule has 3 atom stereocenters. The Balaban J connectivity index is 1.61. The fourth-order valence-corrected chi connectivity index (χ4v) is 4.08. The fourth-order valence-electron chi connectivity index (χ4n) is 4.08. The first kappa shape index (κ1) is 14.9. The summed E-state index contributed by atoms with van der Waals surface area (Å²) in [4.78, 5) is 0. The minimum atomic E-state index is 0.239. The van der Waals surface area contributed by atoms with Crippen molar-refractivity contribution in [2.45, 2.75) is 52.3 Å². The van der Waals surface area contributed by atoms with Gasteiger partial charge in [-0.25, -0.2) is 0 Å². The molecule has 1 aromatic rings. The minimum Gasteiger partial charge on any atom is -0.494 e. The maximum absolute atomic E-state index is 5.97. The third-order valence-electron chi connectivity index (χ3n) is 5.07. The molecule has 116 valence electrons. The maximum Gasteiger partial charge on any atom is 0.119 e. The van der Waals surface area contributed by atoms with Crippen LogP contribution in [0.2, 0.25) is 0 Å². The first-order chi connectivity index (χ1) is 10.1. The van der Waals surface area contributed by atoms with Gasteiger partial charge in [0.1, 0.15) is 5.75 Å². The van der Waals surface area contributed by atoms with E-state index < -0.39 is 0 Å². The molecule has 0 radical (unpaired) electrons. The van der Waals surface area contributed by atoms with Gasteiger partial charge in [0, 0.05) is 30.5 Å². The average Bonchev–Trinajstić information content (AvgIpc) is 2.48. The van der Waals surface area contributed by atoms with Gasteiger partial charge in [0.2, 0.25) is 0 Å². The highest BCUT2D eigenvalue weighted by molar-refractivity contribution is 5.28. The zero-order chi connectivity index (χ0) is 14.9. The Morgan fingerprint density at radius 3 is 3.05 bits per heavy atom. The summed E-state index contributed by atoms with van der Waals surface area (Å²) in [5, 5.41) is 3.76. The van der Waals surface area contributed by atoms with Crippen molar-refractivity contribution in [3.05, 3.63) is 29.8 Å². The summed E-state index contributed by atoms with van der Waals surface area (Å²) in [5.74, 6) is 1.65. The molecular formula is C18H27NO2. The van der Waals surface area contributed by atoms with Gasteiger partial charge in [-0.2, -0.15) is 0 Å². The van der Waals surface area contributed by atoms with Crippen molar-refractivity contribution in [2.75, 3.05) is 13.2 Å². The van der Waals surface area contributed by atoms with E-state index in [0.29, 0.717) is 24.7 Å². The zero-order valence-electron chi connectivity index (χ0n) is 13.4. The van der Waals surface area contributed by atoms with E-state index in [9.17, 15) is 0 Å². The lowest BCUT2D eigenvalue weighted by Crippen LogP contribution is -2.69. The summed E-state index contributed by atoms with van der Waals surface area (Å²) in [6.45, 7) is 9.23. The lowest BCUT2D eigenvalue weighted by atomic mass is 9.55. The van der Waals surface area contributed by atoms with Crippen LogP contribution in [0.15, 0.2) is 24.3 Å². The number of rotatable bonds is 5. The van der Waals surface area contributed by atoms with Gasteiger partial charge in [-0.15, -0.1) is 0 Å². The molecule has 3 heteroatoms. The van der Waals surface area contributed by atoms with Crippen molar-refractivity contribution < 1.29 is 9.47 Å². The predicted octanol–water partition coefficient (Wildman–Crippen LogP) is 3.38. The van der Waals surface area contributed by atoms with E-state index in [0.717, 1.165) is 18.9 Å². The Morgan fingerprint density at radius 2 is 2.24 bits per heavy atom. The Bertz CT molecular complexity index is 486. The monoisotopic (exact) mass is 289 g/mol. The molecule has 0 aromatic heterocycles. The summed E-state index contributed by atoms with van der Waals surface area (Å²) in [5.41, 5.74) is 1.53. The van der Waals surface area contributed by atoms with E-state index in [2.05, 4.69) is 37.4 Å². The van der Waals surface area contributed by atoms with Crippen LogP contribution in [0.3, 0.4) is 0 Å². The van der Waals surface area contributed by atoms with Gasteiger partial charge < -0.3 is 14.8 Å². The number of hydrogen-bond donors (Lipinski definition) is 1. The summed E-state index contributed by atoms with van der Waals surface area (Å²) in [6.07, 6.45) is 2.94. The van der Waals surface area contributed by atoms with Gasteiger partial charge >= 0.3 is 0 Å². The van der Waals surface area contributed by atoms with E-state index in [1.807, 2.05) is 13.0 Å². The highest BCUT2D eigenvalue weighted by Gasteiger charge is 2.57. The Labute approximate surface area is 128 Å². The molecule has 1 heterocycles. The Kier molecular flexibility index (Phi) is 4.23. The molecule has 3 unspecified atom stereocenters. The summed E-state index contributed by atoms with van der Waals surface area (Å²) < 4.78 is 11.5. The van der Waals surface area contributed by atoms with Gasteiger partial charge in [0.05, 0.1) is 12.7 Å². The van der Waals surface area contributed by atoms with Crippen LogP contribution < -0.4 is 10.1 Å². The molecule has 3 nitrogen and oxygen atoms in total. The highest BCUT2D eigenvalue weighted by atomic mass is 16.5. The molecule has 1 N–H and O–H groups in total. The smallest absolute Gasteiger partial charge is 0.119 e. The van der Waals surface area contributed by atoms with E-state index in [1.54, 1.807) is 0 Å². The molecule has 1 saturated carbocycles. The number of benzene rings is 1. The van der Waals surface area contributed by atoms with Crippen LogP contribution in [0, 0.1) is 11.3 Å². The normalized spacial score (nSPS) is 30.3. The summed E-state index contributed by atoms with van der Waals surface area (Å²) in [6, 6.07) is 8.94. The fraction of sp³-hybridized carbons (Fsp3) is 0.667. The van der Waals surface area contributed by atoms with Gasteiger partial charge in [-0.05, 0) is 37.5 Å². The van der Waals surface area contributed by atoms with Crippen LogP contribution in [-0.2, 0) is 11.3 Å². The van der Waals surface area contributed by atoms with Crippen LogP contribution in [0.25, 0.3) is 0 Å². The molecule has 0 amide bonds. The van der Waals surface area contributed by atoms with Gasteiger partial charge in [-0.1, -0.05) is 26.0 Å². The molecule has 0 spiro atoms.